The molecule has 0 saturated carbocycles. The first-order valence-electron chi connectivity index (χ1n) is 5.36. The van der Waals surface area contributed by atoms with Crippen LogP contribution in [0.25, 0.3) is 0 Å². The van der Waals surface area contributed by atoms with Gasteiger partial charge in [0.15, 0.2) is 0 Å². The van der Waals surface area contributed by atoms with E-state index in [0.29, 0.717) is 12.2 Å². The third-order valence-corrected chi connectivity index (χ3v) is 2.23. The fourth-order valence-corrected chi connectivity index (χ4v) is 1.34. The van der Waals surface area contributed by atoms with Crippen molar-refractivity contribution in [3.05, 3.63) is 23.3 Å². The summed E-state index contributed by atoms with van der Waals surface area (Å²) in [6, 6.07) is 1.95. The lowest BCUT2D eigenvalue weighted by Gasteiger charge is -2.18. The zero-order chi connectivity index (χ0) is 12.3. The average molecular weight is 222 g/mol. The third-order valence-electron chi connectivity index (χ3n) is 2.23. The highest BCUT2D eigenvalue weighted by molar-refractivity contribution is 5.66. The van der Waals surface area contributed by atoms with Gasteiger partial charge in [-0.25, -0.2) is 9.97 Å². The van der Waals surface area contributed by atoms with Gasteiger partial charge in [-0.15, -0.1) is 0 Å². The van der Waals surface area contributed by atoms with Gasteiger partial charge in [-0.3, -0.25) is 4.79 Å². The van der Waals surface area contributed by atoms with Gasteiger partial charge in [0, 0.05) is 23.2 Å². The van der Waals surface area contributed by atoms with E-state index in [2.05, 4.69) is 30.7 Å². The van der Waals surface area contributed by atoms with E-state index in [1.807, 2.05) is 13.0 Å². The van der Waals surface area contributed by atoms with Crippen molar-refractivity contribution in [3.63, 3.8) is 0 Å². The average Bonchev–Trinajstić information content (AvgIpc) is 2.12. The first-order chi connectivity index (χ1) is 7.29. The molecule has 16 heavy (non-hydrogen) atoms. The summed E-state index contributed by atoms with van der Waals surface area (Å²) >= 11 is 0. The van der Waals surface area contributed by atoms with Crippen LogP contribution in [0.4, 0.5) is 0 Å². The summed E-state index contributed by atoms with van der Waals surface area (Å²) in [5.74, 6) is -0.199. The maximum absolute atomic E-state index is 10.5. The number of aliphatic carboxylic acids is 1. The molecule has 0 atom stereocenters. The van der Waals surface area contributed by atoms with Gasteiger partial charge in [-0.1, -0.05) is 20.8 Å². The van der Waals surface area contributed by atoms with Crippen LogP contribution in [0.15, 0.2) is 6.07 Å². The summed E-state index contributed by atoms with van der Waals surface area (Å²) in [5, 5.41) is 8.62. The first-order valence-corrected chi connectivity index (χ1v) is 5.36. The number of hydrogen-bond acceptors (Lipinski definition) is 3. The molecule has 1 aromatic rings. The normalized spacial score (nSPS) is 11.5. The topological polar surface area (TPSA) is 63.1 Å². The molecule has 0 saturated heterocycles. The van der Waals surface area contributed by atoms with Crippen LogP contribution in [0.5, 0.6) is 0 Å². The molecule has 0 bridgehead atoms. The van der Waals surface area contributed by atoms with Gasteiger partial charge < -0.3 is 5.11 Å². The molecule has 0 aliphatic rings. The number of hydrogen-bond donors (Lipinski definition) is 1. The number of aryl methyl sites for hydroxylation is 2. The van der Waals surface area contributed by atoms with Gasteiger partial charge >= 0.3 is 5.97 Å². The number of nitrogens with zero attached hydrogens (tertiary/aromatic N) is 2. The quantitative estimate of drug-likeness (QED) is 0.850. The summed E-state index contributed by atoms with van der Waals surface area (Å²) < 4.78 is 0. The molecule has 0 fully saturated rings. The van der Waals surface area contributed by atoms with Crippen molar-refractivity contribution in [1.29, 1.82) is 0 Å². The van der Waals surface area contributed by atoms with Crippen LogP contribution in [0.3, 0.4) is 0 Å². The maximum Gasteiger partial charge on any atom is 0.303 e. The van der Waals surface area contributed by atoms with Gasteiger partial charge in [0.25, 0.3) is 0 Å². The number of aromatic nitrogens is 2. The fourth-order valence-electron chi connectivity index (χ4n) is 1.34. The van der Waals surface area contributed by atoms with E-state index in [0.717, 1.165) is 11.4 Å². The minimum Gasteiger partial charge on any atom is -0.481 e. The standard InChI is InChI=1S/C12H18N2O2/c1-8-7-9(12(2,3)4)14-10(13-8)5-6-11(15)16/h7H,5-6H2,1-4H3,(H,15,16). The van der Waals surface area contributed by atoms with Crippen molar-refractivity contribution >= 4 is 5.97 Å². The highest BCUT2D eigenvalue weighted by Crippen LogP contribution is 2.20. The van der Waals surface area contributed by atoms with Crippen LogP contribution in [0.1, 0.15) is 44.4 Å². The lowest BCUT2D eigenvalue weighted by atomic mass is 9.91. The second kappa shape index (κ2) is 4.60. The van der Waals surface area contributed by atoms with E-state index < -0.39 is 5.97 Å². The Morgan fingerprint density at radius 2 is 2.00 bits per heavy atom. The van der Waals surface area contributed by atoms with Crippen molar-refractivity contribution in [1.82, 2.24) is 9.97 Å². The van der Waals surface area contributed by atoms with Gasteiger partial charge in [0.2, 0.25) is 0 Å². The van der Waals surface area contributed by atoms with Crippen LogP contribution in [-0.4, -0.2) is 21.0 Å². The molecule has 0 aliphatic carbocycles. The van der Waals surface area contributed by atoms with Crippen molar-refractivity contribution < 1.29 is 9.90 Å². The molecule has 0 aromatic carbocycles. The van der Waals surface area contributed by atoms with Crippen molar-refractivity contribution in [2.45, 2.75) is 46.0 Å². The van der Waals surface area contributed by atoms with E-state index in [1.54, 1.807) is 0 Å². The summed E-state index contributed by atoms with van der Waals surface area (Å²) in [7, 11) is 0. The minimum absolute atomic E-state index is 0.0360. The van der Waals surface area contributed by atoms with E-state index in [4.69, 9.17) is 5.11 Å². The SMILES string of the molecule is Cc1cc(C(C)(C)C)nc(CCC(=O)O)n1. The molecular formula is C12H18N2O2. The summed E-state index contributed by atoms with van der Waals surface area (Å²) in [5.41, 5.74) is 1.81. The second-order valence-corrected chi connectivity index (χ2v) is 4.95. The maximum atomic E-state index is 10.5. The fraction of sp³-hybridized carbons (Fsp3) is 0.583. The van der Waals surface area contributed by atoms with Gasteiger partial charge in [0.05, 0.1) is 6.42 Å². The number of rotatable bonds is 3. The van der Waals surface area contributed by atoms with E-state index in [9.17, 15) is 4.79 Å². The van der Waals surface area contributed by atoms with Crippen LogP contribution >= 0.6 is 0 Å². The number of carboxylic acids is 1. The van der Waals surface area contributed by atoms with Crippen LogP contribution < -0.4 is 0 Å². The monoisotopic (exact) mass is 222 g/mol. The third kappa shape index (κ3) is 3.61. The predicted octanol–water partition coefficient (Wildman–Crippen LogP) is 2.10. The number of carbonyl (C=O) groups is 1. The lowest BCUT2D eigenvalue weighted by molar-refractivity contribution is -0.137. The molecule has 4 heteroatoms. The summed E-state index contributed by atoms with van der Waals surface area (Å²) in [4.78, 5) is 19.1. The Labute approximate surface area is 95.7 Å². The van der Waals surface area contributed by atoms with E-state index in [1.165, 1.54) is 0 Å². The molecule has 1 N–H and O–H groups in total. The van der Waals surface area contributed by atoms with Gasteiger partial charge in [-0.2, -0.15) is 0 Å². The molecular weight excluding hydrogens is 204 g/mol. The molecule has 88 valence electrons. The Kier molecular flexibility index (Phi) is 3.62. The largest absolute Gasteiger partial charge is 0.481 e. The van der Waals surface area contributed by atoms with Crippen molar-refractivity contribution in [2.75, 3.05) is 0 Å². The molecule has 0 amide bonds. The highest BCUT2D eigenvalue weighted by Gasteiger charge is 2.17. The van der Waals surface area contributed by atoms with Crippen molar-refractivity contribution in [3.8, 4) is 0 Å². The molecule has 0 radical (unpaired) electrons. The molecule has 1 aromatic heterocycles. The molecule has 0 unspecified atom stereocenters. The molecule has 0 spiro atoms. The molecule has 1 rings (SSSR count). The van der Waals surface area contributed by atoms with Crippen LogP contribution in [0.2, 0.25) is 0 Å². The minimum atomic E-state index is -0.817. The Morgan fingerprint density at radius 1 is 1.38 bits per heavy atom. The van der Waals surface area contributed by atoms with Gasteiger partial charge in [-0.05, 0) is 13.0 Å². The Balaban J connectivity index is 2.94. The summed E-state index contributed by atoms with van der Waals surface area (Å²) in [6.07, 6.45) is 0.465. The Bertz CT molecular complexity index is 394. The molecule has 0 aliphatic heterocycles. The number of carboxylic acid groups (broad SMARTS) is 1. The summed E-state index contributed by atoms with van der Waals surface area (Å²) in [6.45, 7) is 8.14. The van der Waals surface area contributed by atoms with Gasteiger partial charge in [0.1, 0.15) is 5.82 Å². The van der Waals surface area contributed by atoms with Crippen molar-refractivity contribution in [2.24, 2.45) is 0 Å². The van der Waals surface area contributed by atoms with Crippen LogP contribution in [0, 0.1) is 6.92 Å². The van der Waals surface area contributed by atoms with Crippen LogP contribution in [-0.2, 0) is 16.6 Å². The van der Waals surface area contributed by atoms with E-state index in [-0.39, 0.29) is 11.8 Å². The molecule has 1 heterocycles. The zero-order valence-corrected chi connectivity index (χ0v) is 10.2. The molecule has 4 nitrogen and oxygen atoms in total. The Morgan fingerprint density at radius 3 is 2.50 bits per heavy atom. The highest BCUT2D eigenvalue weighted by atomic mass is 16.4. The zero-order valence-electron chi connectivity index (χ0n) is 10.2. The van der Waals surface area contributed by atoms with E-state index >= 15 is 0 Å². The first kappa shape index (κ1) is 12.6. The lowest BCUT2D eigenvalue weighted by Crippen LogP contribution is -2.16. The second-order valence-electron chi connectivity index (χ2n) is 4.95. The Hall–Kier alpha value is -1.45. The predicted molar refractivity (Wildman–Crippen MR) is 61.4 cm³/mol. The smallest absolute Gasteiger partial charge is 0.303 e.